The highest BCUT2D eigenvalue weighted by Crippen LogP contribution is 2.36. The minimum Gasteiger partial charge on any atom is -0.496 e. The number of aromatic nitrogens is 2. The minimum atomic E-state index is -0.945. The molecular formula is C63H84N8O10S. The van der Waals surface area contributed by atoms with Gasteiger partial charge in [0.15, 0.2) is 5.78 Å². The molecule has 3 aromatic carbocycles. The van der Waals surface area contributed by atoms with Crippen LogP contribution < -0.4 is 30.7 Å². The maximum Gasteiger partial charge on any atom is 0.256 e. The Bertz CT molecular complexity index is 3030. The highest BCUT2D eigenvalue weighted by atomic mass is 32.1. The van der Waals surface area contributed by atoms with Crippen molar-refractivity contribution in [3.8, 4) is 27.3 Å². The molecule has 19 heteroatoms. The summed E-state index contributed by atoms with van der Waals surface area (Å²) < 4.78 is 22.8. The zero-order valence-corrected chi connectivity index (χ0v) is 50.1. The monoisotopic (exact) mass is 1140 g/mol. The van der Waals surface area contributed by atoms with E-state index in [4.69, 9.17) is 18.9 Å². The van der Waals surface area contributed by atoms with Gasteiger partial charge >= 0.3 is 0 Å². The van der Waals surface area contributed by atoms with Gasteiger partial charge in [-0.15, -0.1) is 11.3 Å². The summed E-state index contributed by atoms with van der Waals surface area (Å²) in [5.41, 5.74) is 10.4. The molecule has 3 amide bonds. The number of carbonyl (C=O) groups is 4. The summed E-state index contributed by atoms with van der Waals surface area (Å²) in [6.45, 7) is 22.6. The zero-order chi connectivity index (χ0) is 58.7. The molecular weight excluding hydrogens is 1060 g/mol. The summed E-state index contributed by atoms with van der Waals surface area (Å²) in [5, 5.41) is 16.6. The summed E-state index contributed by atoms with van der Waals surface area (Å²) in [5.74, 6) is -0.915. The second kappa shape index (κ2) is 28.2. The summed E-state index contributed by atoms with van der Waals surface area (Å²) in [4.78, 5) is 85.1. The highest BCUT2D eigenvalue weighted by Gasteiger charge is 2.44. The molecule has 5 aromatic rings. The largest absolute Gasteiger partial charge is 0.496 e. The molecule has 3 aliphatic rings. The molecule has 442 valence electrons. The number of thiazole rings is 1. The molecule has 0 spiro atoms. The number of aliphatic hydroxyl groups excluding tert-OH is 1. The molecule has 3 fully saturated rings. The Morgan fingerprint density at radius 3 is 2.27 bits per heavy atom. The van der Waals surface area contributed by atoms with Crippen LogP contribution in [-0.4, -0.2) is 165 Å². The van der Waals surface area contributed by atoms with Gasteiger partial charge in [0.25, 0.3) is 11.5 Å². The Hall–Kier alpha value is -6.48. The van der Waals surface area contributed by atoms with Crippen LogP contribution in [-0.2, 0) is 35.1 Å². The average Bonchev–Trinajstić information content (AvgIpc) is 4.10. The number of Topliss-reactive ketones (excluding diaryl/α,β-unsaturated/α-hetero) is 1. The van der Waals surface area contributed by atoms with E-state index in [1.54, 1.807) is 24.3 Å². The Morgan fingerprint density at radius 2 is 1.61 bits per heavy atom. The summed E-state index contributed by atoms with van der Waals surface area (Å²) in [7, 11) is 1.52. The Morgan fingerprint density at radius 1 is 0.915 bits per heavy atom. The molecule has 18 nitrogen and oxygen atoms in total. The Kier molecular flexibility index (Phi) is 21.2. The molecule has 0 unspecified atom stereocenters. The number of ketones is 1. The van der Waals surface area contributed by atoms with Gasteiger partial charge in [-0.05, 0) is 110 Å². The van der Waals surface area contributed by atoms with Crippen LogP contribution in [0, 0.1) is 26.2 Å². The predicted octanol–water partition coefficient (Wildman–Crippen LogP) is 7.45. The predicted molar refractivity (Wildman–Crippen MR) is 321 cm³/mol. The van der Waals surface area contributed by atoms with Crippen molar-refractivity contribution in [2.24, 2.45) is 5.41 Å². The third kappa shape index (κ3) is 15.4. The number of piperazine rings is 1. The first-order valence-electron chi connectivity index (χ1n) is 28.9. The van der Waals surface area contributed by atoms with E-state index in [0.717, 1.165) is 102 Å². The number of likely N-dealkylation sites (tertiary alicyclic amines) is 1. The van der Waals surface area contributed by atoms with Crippen molar-refractivity contribution in [2.45, 2.75) is 118 Å². The third-order valence-electron chi connectivity index (χ3n) is 16.2. The van der Waals surface area contributed by atoms with Gasteiger partial charge in [0.1, 0.15) is 18.4 Å². The van der Waals surface area contributed by atoms with E-state index in [9.17, 15) is 29.1 Å². The van der Waals surface area contributed by atoms with Crippen molar-refractivity contribution in [1.29, 1.82) is 0 Å². The number of aliphatic hydroxyl groups is 1. The highest BCUT2D eigenvalue weighted by molar-refractivity contribution is 7.13. The van der Waals surface area contributed by atoms with Gasteiger partial charge in [0.2, 0.25) is 11.8 Å². The van der Waals surface area contributed by atoms with Crippen LogP contribution in [0.1, 0.15) is 105 Å². The third-order valence-corrected chi connectivity index (χ3v) is 17.2. The van der Waals surface area contributed by atoms with Crippen molar-refractivity contribution in [3.05, 3.63) is 116 Å². The Labute approximate surface area is 486 Å². The van der Waals surface area contributed by atoms with E-state index in [1.165, 1.54) is 12.0 Å². The van der Waals surface area contributed by atoms with Gasteiger partial charge in [-0.25, -0.2) is 4.98 Å². The maximum atomic E-state index is 14.2. The van der Waals surface area contributed by atoms with E-state index in [-0.39, 0.29) is 68.4 Å². The molecule has 5 heterocycles. The molecule has 0 radical (unpaired) electrons. The number of methoxy groups -OCH3 is 1. The number of anilines is 2. The lowest BCUT2D eigenvalue weighted by Gasteiger charge is -2.37. The van der Waals surface area contributed by atoms with Gasteiger partial charge in [-0.2, -0.15) is 0 Å². The van der Waals surface area contributed by atoms with Crippen molar-refractivity contribution >= 4 is 46.2 Å². The fraction of sp³-hybridized carbons (Fsp3) is 0.524. The second-order valence-corrected chi connectivity index (χ2v) is 23.9. The molecule has 8 rings (SSSR count). The number of amides is 3. The average molecular weight is 1150 g/mol. The number of aromatic amines is 1. The SMILES string of the molecule is CCN(c1cc(-c2ccc(N3CCN(CCOCCOCC(=O)N[C@H](C(=O)N4C[C@H](O)C[C@H]4C(=O)C[C@@H](C)c4ccc(-c5scnc5C)cc4)C(C)(C)C)CC3)cc2)cc(C(=O)NCc2c(OC)cc(C)[nH]c2=O)c1C)C1CCOCC1. The fourth-order valence-electron chi connectivity index (χ4n) is 11.5. The number of β-amino-alcohol motifs (C(OH)–C–C–N with tert-alkyl or cyclic N) is 1. The first kappa shape index (κ1) is 61.6. The summed E-state index contributed by atoms with van der Waals surface area (Å²) in [6, 6.07) is 21.1. The number of nitrogens with one attached hydrogen (secondary N) is 3. The molecule has 3 saturated heterocycles. The molecule has 2 aromatic heterocycles. The Balaban J connectivity index is 0.779. The topological polar surface area (TPSA) is 208 Å². The summed E-state index contributed by atoms with van der Waals surface area (Å²) >= 11 is 1.59. The maximum absolute atomic E-state index is 14.2. The van der Waals surface area contributed by atoms with Crippen molar-refractivity contribution in [3.63, 3.8) is 0 Å². The lowest BCUT2D eigenvalue weighted by atomic mass is 9.85. The molecule has 0 saturated carbocycles. The van der Waals surface area contributed by atoms with Crippen LogP contribution >= 0.6 is 11.3 Å². The van der Waals surface area contributed by atoms with E-state index >= 15 is 0 Å². The normalized spacial score (nSPS) is 17.8. The smallest absolute Gasteiger partial charge is 0.256 e. The molecule has 82 heavy (non-hydrogen) atoms. The van der Waals surface area contributed by atoms with E-state index in [1.807, 2.05) is 77.4 Å². The fourth-order valence-corrected chi connectivity index (χ4v) is 12.3. The second-order valence-electron chi connectivity index (χ2n) is 23.1. The lowest BCUT2D eigenvalue weighted by molar-refractivity contribution is -0.144. The number of hydrogen-bond acceptors (Lipinski definition) is 15. The molecule has 3 aliphatic heterocycles. The van der Waals surface area contributed by atoms with Crippen molar-refractivity contribution in [1.82, 2.24) is 30.4 Å². The van der Waals surface area contributed by atoms with E-state index in [0.29, 0.717) is 49.0 Å². The van der Waals surface area contributed by atoms with Crippen LogP contribution in [0.2, 0.25) is 0 Å². The van der Waals surface area contributed by atoms with Gasteiger partial charge in [-0.3, -0.25) is 28.9 Å². The molecule has 0 bridgehead atoms. The molecule has 4 atom stereocenters. The number of rotatable bonds is 24. The minimum absolute atomic E-state index is 0.0137. The van der Waals surface area contributed by atoms with Crippen molar-refractivity contribution in [2.75, 3.05) is 102 Å². The van der Waals surface area contributed by atoms with Crippen LogP contribution in [0.3, 0.4) is 0 Å². The number of H-pyrrole nitrogens is 1. The number of pyridine rings is 1. The first-order valence-corrected chi connectivity index (χ1v) is 29.8. The van der Waals surface area contributed by atoms with Crippen LogP contribution in [0.5, 0.6) is 5.75 Å². The number of benzene rings is 3. The van der Waals surface area contributed by atoms with Gasteiger partial charge in [-0.1, -0.05) is 64.1 Å². The van der Waals surface area contributed by atoms with Gasteiger partial charge in [0, 0.05) is 101 Å². The van der Waals surface area contributed by atoms with Crippen LogP contribution in [0.25, 0.3) is 21.6 Å². The molecule has 0 aliphatic carbocycles. The van der Waals surface area contributed by atoms with Crippen molar-refractivity contribution < 1.29 is 43.2 Å². The lowest BCUT2D eigenvalue weighted by Crippen LogP contribution is -2.57. The number of aryl methyl sites for hydroxylation is 2. The summed E-state index contributed by atoms with van der Waals surface area (Å²) in [6.07, 6.45) is 1.32. The number of nitrogens with zero attached hydrogens (tertiary/aromatic N) is 5. The standard InChI is InChI=1S/C63H84N8O10S/c1-10-70(49-19-26-79-27-20-49)53-34-47(33-51(42(53)4)60(75)64-36-52-56(78-9)32-41(3)66-61(52)76)45-15-17-48(18-16-45)69-23-21-68(22-24-69)25-28-80-29-30-81-38-57(74)67-59(63(6,7)8)62(77)71-37-50(72)35-54(71)55(73)31-40(2)44-11-13-46(14-12-44)58-43(5)65-39-82-58/h11-18,32-34,39-40,49-50,54,59,72H,10,19-31,35-38H2,1-9H3,(H,64,75)(H,66,76)(H,67,74)/t40-,50-,54+,59-/m1/s1. The number of ether oxygens (including phenoxy) is 4. The zero-order valence-electron chi connectivity index (χ0n) is 49.3. The molecule has 4 N–H and O–H groups in total. The van der Waals surface area contributed by atoms with E-state index in [2.05, 4.69) is 72.6 Å². The van der Waals surface area contributed by atoms with Crippen LogP contribution in [0.4, 0.5) is 11.4 Å². The van der Waals surface area contributed by atoms with Gasteiger partial charge < -0.3 is 54.4 Å². The first-order chi connectivity index (χ1) is 39.3. The van der Waals surface area contributed by atoms with Crippen LogP contribution in [0.15, 0.2) is 77.0 Å². The number of carbonyl (C=O) groups excluding carboxylic acids is 4. The quantitative estimate of drug-likeness (QED) is 0.0443. The van der Waals surface area contributed by atoms with E-state index < -0.39 is 35.4 Å². The van der Waals surface area contributed by atoms with Gasteiger partial charge in [0.05, 0.1) is 67.3 Å². The number of hydrogen-bond donors (Lipinski definition) is 4.